The van der Waals surface area contributed by atoms with E-state index in [2.05, 4.69) is 10.2 Å². The van der Waals surface area contributed by atoms with Crippen LogP contribution in [0.2, 0.25) is 0 Å². The Balaban J connectivity index is 1.28. The number of carbonyl (C=O) groups is 1. The molecule has 3 fully saturated rings. The van der Waals surface area contributed by atoms with Crippen LogP contribution in [-0.4, -0.2) is 36.7 Å². The molecular formula is C23H24F2N2O2. The lowest BCUT2D eigenvalue weighted by atomic mass is 9.86. The summed E-state index contributed by atoms with van der Waals surface area (Å²) in [6.07, 6.45) is 3.39. The van der Waals surface area contributed by atoms with Crippen molar-refractivity contribution in [2.45, 2.75) is 37.8 Å². The largest absolute Gasteiger partial charge is 0.445 e. The SMILES string of the molecule is O=C(NC1CCc2cc(-c3cccc(F)c3F)ccc21)O[C@@H]1CN2CCC1CC2. The zero-order valence-corrected chi connectivity index (χ0v) is 16.2. The molecule has 152 valence electrons. The van der Waals surface area contributed by atoms with Gasteiger partial charge in [-0.2, -0.15) is 0 Å². The van der Waals surface area contributed by atoms with Crippen LogP contribution in [0.5, 0.6) is 0 Å². The van der Waals surface area contributed by atoms with E-state index >= 15 is 0 Å². The van der Waals surface area contributed by atoms with E-state index in [0.717, 1.165) is 62.5 Å². The Hall–Kier alpha value is -2.47. The van der Waals surface area contributed by atoms with Crippen LogP contribution in [0.15, 0.2) is 36.4 Å². The molecule has 1 aliphatic carbocycles. The number of halogens is 2. The Bertz CT molecular complexity index is 940. The number of carbonyl (C=O) groups excluding carboxylic acids is 1. The van der Waals surface area contributed by atoms with Crippen molar-refractivity contribution in [2.24, 2.45) is 5.92 Å². The lowest BCUT2D eigenvalue weighted by molar-refractivity contribution is -0.0339. The molecule has 6 rings (SSSR count). The number of nitrogens with zero attached hydrogens (tertiary/aromatic N) is 1. The summed E-state index contributed by atoms with van der Waals surface area (Å²) in [5.74, 6) is -1.20. The number of rotatable bonds is 3. The molecule has 3 aliphatic heterocycles. The maximum atomic E-state index is 14.1. The minimum Gasteiger partial charge on any atom is -0.445 e. The van der Waals surface area contributed by atoms with E-state index in [9.17, 15) is 13.6 Å². The van der Waals surface area contributed by atoms with Crippen molar-refractivity contribution >= 4 is 6.09 Å². The highest BCUT2D eigenvalue weighted by atomic mass is 19.2. The van der Waals surface area contributed by atoms with Crippen molar-refractivity contribution in [1.82, 2.24) is 10.2 Å². The van der Waals surface area contributed by atoms with Gasteiger partial charge in [0, 0.05) is 12.1 Å². The highest BCUT2D eigenvalue weighted by Gasteiger charge is 2.37. The molecule has 2 bridgehead atoms. The van der Waals surface area contributed by atoms with E-state index in [4.69, 9.17) is 4.74 Å². The Labute approximate surface area is 168 Å². The first-order valence-corrected chi connectivity index (χ1v) is 10.3. The number of aryl methyl sites for hydroxylation is 1. The van der Waals surface area contributed by atoms with Crippen LogP contribution < -0.4 is 5.32 Å². The van der Waals surface area contributed by atoms with E-state index in [1.54, 1.807) is 12.1 Å². The lowest BCUT2D eigenvalue weighted by Crippen LogP contribution is -2.52. The molecule has 0 aromatic heterocycles. The fraction of sp³-hybridized carbons (Fsp3) is 0.435. The van der Waals surface area contributed by atoms with Gasteiger partial charge in [0.05, 0.1) is 6.04 Å². The summed E-state index contributed by atoms with van der Waals surface area (Å²) >= 11 is 0. The second-order valence-corrected chi connectivity index (χ2v) is 8.33. The third-order valence-electron chi connectivity index (χ3n) is 6.63. The standard InChI is InChI=1S/C23H24F2N2O2/c24-19-3-1-2-18(22(19)25)16-4-6-17-15(12-16)5-7-20(17)26-23(28)29-21-13-27-10-8-14(21)9-11-27/h1-4,6,12,14,20-21H,5,7-11,13H2,(H,26,28)/t20?,21-/m1/s1. The number of hydrogen-bond acceptors (Lipinski definition) is 3. The summed E-state index contributed by atoms with van der Waals surface area (Å²) in [7, 11) is 0. The first kappa shape index (κ1) is 18.6. The molecule has 2 aromatic carbocycles. The molecule has 0 radical (unpaired) electrons. The molecule has 6 heteroatoms. The van der Waals surface area contributed by atoms with Gasteiger partial charge in [0.25, 0.3) is 0 Å². The quantitative estimate of drug-likeness (QED) is 0.831. The van der Waals surface area contributed by atoms with E-state index in [-0.39, 0.29) is 23.8 Å². The molecule has 1 N–H and O–H groups in total. The van der Waals surface area contributed by atoms with Gasteiger partial charge in [-0.25, -0.2) is 13.6 Å². The number of hydrogen-bond donors (Lipinski definition) is 1. The summed E-state index contributed by atoms with van der Waals surface area (Å²) in [4.78, 5) is 14.8. The molecular weight excluding hydrogens is 374 g/mol. The molecule has 3 saturated heterocycles. The van der Waals surface area contributed by atoms with Crippen LogP contribution in [0.25, 0.3) is 11.1 Å². The van der Waals surface area contributed by atoms with Gasteiger partial charge in [0.2, 0.25) is 0 Å². The number of benzene rings is 2. The van der Waals surface area contributed by atoms with Gasteiger partial charge in [0.15, 0.2) is 11.6 Å². The average Bonchev–Trinajstić information content (AvgIpc) is 3.13. The van der Waals surface area contributed by atoms with Crippen LogP contribution >= 0.6 is 0 Å². The first-order valence-electron chi connectivity index (χ1n) is 10.3. The van der Waals surface area contributed by atoms with E-state index in [0.29, 0.717) is 11.5 Å². The predicted molar refractivity (Wildman–Crippen MR) is 105 cm³/mol. The van der Waals surface area contributed by atoms with Gasteiger partial charge in [-0.05, 0) is 67.4 Å². The molecule has 4 aliphatic rings. The van der Waals surface area contributed by atoms with Crippen LogP contribution in [0.1, 0.15) is 36.4 Å². The van der Waals surface area contributed by atoms with Crippen molar-refractivity contribution < 1.29 is 18.3 Å². The fourth-order valence-electron chi connectivity index (χ4n) is 5.02. The maximum absolute atomic E-state index is 14.1. The second kappa shape index (κ2) is 7.41. The Kier molecular flexibility index (Phi) is 4.74. The molecule has 0 spiro atoms. The lowest BCUT2D eigenvalue weighted by Gasteiger charge is -2.43. The van der Waals surface area contributed by atoms with Crippen LogP contribution in [0, 0.1) is 17.6 Å². The molecule has 2 aromatic rings. The van der Waals surface area contributed by atoms with Crippen molar-refractivity contribution in [1.29, 1.82) is 0 Å². The van der Waals surface area contributed by atoms with Gasteiger partial charge < -0.3 is 10.1 Å². The Morgan fingerprint density at radius 2 is 1.93 bits per heavy atom. The monoisotopic (exact) mass is 398 g/mol. The molecule has 1 unspecified atom stereocenters. The third-order valence-corrected chi connectivity index (χ3v) is 6.63. The molecule has 2 atom stereocenters. The Morgan fingerprint density at radius 1 is 1.10 bits per heavy atom. The number of piperidine rings is 3. The van der Waals surface area contributed by atoms with Crippen LogP contribution in [0.4, 0.5) is 13.6 Å². The van der Waals surface area contributed by atoms with Crippen molar-refractivity contribution in [3.63, 3.8) is 0 Å². The molecule has 3 heterocycles. The predicted octanol–water partition coefficient (Wildman–Crippen LogP) is 4.44. The van der Waals surface area contributed by atoms with Crippen molar-refractivity contribution in [3.8, 4) is 11.1 Å². The number of nitrogens with one attached hydrogen (secondary N) is 1. The fourth-order valence-corrected chi connectivity index (χ4v) is 5.02. The molecule has 4 nitrogen and oxygen atoms in total. The minimum atomic E-state index is -0.849. The first-order chi connectivity index (χ1) is 14.1. The highest BCUT2D eigenvalue weighted by Crippen LogP contribution is 2.36. The maximum Gasteiger partial charge on any atom is 0.407 e. The topological polar surface area (TPSA) is 41.6 Å². The summed E-state index contributed by atoms with van der Waals surface area (Å²) in [5.41, 5.74) is 2.98. The molecule has 1 amide bonds. The zero-order chi connectivity index (χ0) is 20.0. The van der Waals surface area contributed by atoms with Crippen LogP contribution in [-0.2, 0) is 11.2 Å². The number of amides is 1. The van der Waals surface area contributed by atoms with Crippen molar-refractivity contribution in [3.05, 3.63) is 59.2 Å². The molecule has 0 saturated carbocycles. The number of fused-ring (bicyclic) bond motifs is 4. The Morgan fingerprint density at radius 3 is 2.69 bits per heavy atom. The van der Waals surface area contributed by atoms with Crippen LogP contribution in [0.3, 0.4) is 0 Å². The normalized spacial score (nSPS) is 27.5. The highest BCUT2D eigenvalue weighted by molar-refractivity contribution is 5.70. The van der Waals surface area contributed by atoms with Gasteiger partial charge in [-0.1, -0.05) is 30.3 Å². The minimum absolute atomic E-state index is 0.0169. The molecule has 29 heavy (non-hydrogen) atoms. The summed E-state index contributed by atoms with van der Waals surface area (Å²) in [6, 6.07) is 9.69. The zero-order valence-electron chi connectivity index (χ0n) is 16.2. The van der Waals surface area contributed by atoms with E-state index < -0.39 is 11.6 Å². The van der Waals surface area contributed by atoms with Gasteiger partial charge >= 0.3 is 6.09 Å². The number of alkyl carbamates (subject to hydrolysis) is 1. The average molecular weight is 398 g/mol. The third kappa shape index (κ3) is 3.50. The number of ether oxygens (including phenoxy) is 1. The smallest absolute Gasteiger partial charge is 0.407 e. The van der Waals surface area contributed by atoms with E-state index in [1.165, 1.54) is 6.07 Å². The van der Waals surface area contributed by atoms with Gasteiger partial charge in [-0.15, -0.1) is 0 Å². The van der Waals surface area contributed by atoms with Gasteiger partial charge in [-0.3, -0.25) is 4.90 Å². The van der Waals surface area contributed by atoms with Gasteiger partial charge in [0.1, 0.15) is 6.10 Å². The van der Waals surface area contributed by atoms with Crippen molar-refractivity contribution in [2.75, 3.05) is 19.6 Å². The van der Waals surface area contributed by atoms with E-state index in [1.807, 2.05) is 12.1 Å². The summed E-state index contributed by atoms with van der Waals surface area (Å²) in [6.45, 7) is 3.05. The summed E-state index contributed by atoms with van der Waals surface area (Å²) < 4.78 is 33.4. The second-order valence-electron chi connectivity index (χ2n) is 8.33. The summed E-state index contributed by atoms with van der Waals surface area (Å²) in [5, 5.41) is 3.01.